The van der Waals surface area contributed by atoms with Gasteiger partial charge in [0, 0.05) is 29.3 Å². The Morgan fingerprint density at radius 3 is 2.80 bits per heavy atom. The Morgan fingerprint density at radius 2 is 2.15 bits per heavy atom. The number of hydrogen-bond acceptors (Lipinski definition) is 4. The summed E-state index contributed by atoms with van der Waals surface area (Å²) >= 11 is 3.37. The minimum absolute atomic E-state index is 0.0830. The number of aromatic nitrogens is 1. The molecule has 106 valence electrons. The van der Waals surface area contributed by atoms with Crippen LogP contribution in [0.25, 0.3) is 11.3 Å². The zero-order valence-electron chi connectivity index (χ0n) is 11.2. The van der Waals surface area contributed by atoms with Gasteiger partial charge in [-0.3, -0.25) is 4.79 Å². The van der Waals surface area contributed by atoms with Gasteiger partial charge in [-0.25, -0.2) is 0 Å². The van der Waals surface area contributed by atoms with Gasteiger partial charge < -0.3 is 14.6 Å². The molecule has 0 saturated heterocycles. The van der Waals surface area contributed by atoms with E-state index >= 15 is 0 Å². The molecule has 5 nitrogen and oxygen atoms in total. The van der Waals surface area contributed by atoms with Crippen LogP contribution in [0.2, 0.25) is 0 Å². The van der Waals surface area contributed by atoms with E-state index in [1.165, 1.54) is 0 Å². The second-order valence-electron chi connectivity index (χ2n) is 4.41. The maximum absolute atomic E-state index is 11.9. The molecule has 0 aliphatic rings. The van der Waals surface area contributed by atoms with Crippen LogP contribution in [0.15, 0.2) is 39.3 Å². The van der Waals surface area contributed by atoms with Crippen molar-refractivity contribution < 1.29 is 14.1 Å². The summed E-state index contributed by atoms with van der Waals surface area (Å²) in [4.78, 5) is 11.9. The number of carbonyl (C=O) groups is 1. The highest BCUT2D eigenvalue weighted by Gasteiger charge is 2.15. The molecule has 1 unspecified atom stereocenters. The molecule has 1 N–H and O–H groups in total. The minimum atomic E-state index is -0.276. The molecular weight excluding hydrogens is 324 g/mol. The lowest BCUT2D eigenvalue weighted by atomic mass is 10.1. The molecule has 6 heteroatoms. The van der Waals surface area contributed by atoms with Crippen molar-refractivity contribution in [2.75, 3.05) is 13.7 Å². The Labute approximate surface area is 125 Å². The fraction of sp³-hybridized carbons (Fsp3) is 0.286. The quantitative estimate of drug-likeness (QED) is 0.910. The first kappa shape index (κ1) is 14.7. The van der Waals surface area contributed by atoms with Crippen molar-refractivity contribution in [3.05, 3.63) is 40.5 Å². The van der Waals surface area contributed by atoms with E-state index in [0.717, 1.165) is 10.0 Å². The number of ether oxygens (including phenoxy) is 1. The Hall–Kier alpha value is -1.66. The first-order valence-electron chi connectivity index (χ1n) is 6.12. The van der Waals surface area contributed by atoms with E-state index in [9.17, 15) is 4.79 Å². The van der Waals surface area contributed by atoms with Crippen LogP contribution in [0.5, 0.6) is 0 Å². The summed E-state index contributed by atoms with van der Waals surface area (Å²) in [6, 6.07) is 9.12. The molecule has 0 radical (unpaired) electrons. The molecule has 1 amide bonds. The number of carbonyl (C=O) groups excluding carboxylic acids is 1. The predicted octanol–water partition coefficient (Wildman–Crippen LogP) is 2.87. The molecule has 1 atom stereocenters. The lowest BCUT2D eigenvalue weighted by Gasteiger charge is -2.10. The number of nitrogens with one attached hydrogen (secondary N) is 1. The van der Waals surface area contributed by atoms with Crippen LogP contribution in [0.1, 0.15) is 17.4 Å². The largest absolute Gasteiger partial charge is 0.383 e. The first-order chi connectivity index (χ1) is 9.60. The van der Waals surface area contributed by atoms with E-state index in [2.05, 4.69) is 26.4 Å². The molecule has 0 saturated carbocycles. The fourth-order valence-corrected chi connectivity index (χ4v) is 1.99. The molecule has 1 aromatic carbocycles. The number of hydrogen-bond donors (Lipinski definition) is 1. The smallest absolute Gasteiger partial charge is 0.273 e. The van der Waals surface area contributed by atoms with Crippen LogP contribution in [0.3, 0.4) is 0 Å². The third kappa shape index (κ3) is 3.68. The van der Waals surface area contributed by atoms with E-state index in [1.54, 1.807) is 13.2 Å². The summed E-state index contributed by atoms with van der Waals surface area (Å²) in [5.74, 6) is 0.281. The Balaban J connectivity index is 2.08. The summed E-state index contributed by atoms with van der Waals surface area (Å²) in [7, 11) is 1.59. The van der Waals surface area contributed by atoms with Gasteiger partial charge in [-0.1, -0.05) is 33.2 Å². The zero-order valence-corrected chi connectivity index (χ0v) is 12.8. The second-order valence-corrected chi connectivity index (χ2v) is 5.33. The molecule has 2 aromatic rings. The van der Waals surface area contributed by atoms with Crippen molar-refractivity contribution in [3.8, 4) is 11.3 Å². The summed E-state index contributed by atoms with van der Waals surface area (Å²) in [6.07, 6.45) is 0. The number of nitrogens with zero attached hydrogens (tertiary/aromatic N) is 1. The van der Waals surface area contributed by atoms with E-state index in [0.29, 0.717) is 12.4 Å². The van der Waals surface area contributed by atoms with Crippen molar-refractivity contribution in [2.24, 2.45) is 0 Å². The fourth-order valence-electron chi connectivity index (χ4n) is 1.72. The molecule has 0 aliphatic heterocycles. The number of amides is 1. The molecule has 0 bridgehead atoms. The highest BCUT2D eigenvalue weighted by molar-refractivity contribution is 9.10. The molecule has 0 aliphatic carbocycles. The maximum Gasteiger partial charge on any atom is 0.273 e. The summed E-state index contributed by atoms with van der Waals surface area (Å²) < 4.78 is 11.1. The van der Waals surface area contributed by atoms with Gasteiger partial charge in [-0.05, 0) is 19.1 Å². The van der Waals surface area contributed by atoms with Crippen LogP contribution in [0.4, 0.5) is 0 Å². The van der Waals surface area contributed by atoms with Crippen LogP contribution in [0, 0.1) is 0 Å². The van der Waals surface area contributed by atoms with Gasteiger partial charge in [0.2, 0.25) is 0 Å². The molecule has 20 heavy (non-hydrogen) atoms. The molecule has 2 rings (SSSR count). The number of halogens is 1. The summed E-state index contributed by atoms with van der Waals surface area (Å²) in [5, 5.41) is 6.57. The Morgan fingerprint density at radius 1 is 1.45 bits per heavy atom. The Bertz CT molecular complexity index is 580. The molecule has 1 heterocycles. The molecule has 1 aromatic heterocycles. The maximum atomic E-state index is 11.9. The highest BCUT2D eigenvalue weighted by Crippen LogP contribution is 2.22. The van der Waals surface area contributed by atoms with Crippen LogP contribution < -0.4 is 5.32 Å². The van der Waals surface area contributed by atoms with Gasteiger partial charge in [-0.2, -0.15) is 0 Å². The zero-order chi connectivity index (χ0) is 14.5. The topological polar surface area (TPSA) is 64.4 Å². The van der Waals surface area contributed by atoms with E-state index < -0.39 is 0 Å². The molecular formula is C14H15BrN2O3. The first-order valence-corrected chi connectivity index (χ1v) is 6.92. The summed E-state index contributed by atoms with van der Waals surface area (Å²) in [6.45, 7) is 2.31. The van der Waals surface area contributed by atoms with Gasteiger partial charge in [-0.15, -0.1) is 0 Å². The lowest BCUT2D eigenvalue weighted by Crippen LogP contribution is -2.35. The number of methoxy groups -OCH3 is 1. The van der Waals surface area contributed by atoms with Crippen LogP contribution in [-0.2, 0) is 4.74 Å². The highest BCUT2D eigenvalue weighted by atomic mass is 79.9. The second kappa shape index (κ2) is 6.67. The molecule has 0 fully saturated rings. The lowest BCUT2D eigenvalue weighted by molar-refractivity contribution is 0.0896. The average Bonchev–Trinajstić information content (AvgIpc) is 2.89. The summed E-state index contributed by atoms with van der Waals surface area (Å²) in [5.41, 5.74) is 1.12. The minimum Gasteiger partial charge on any atom is -0.383 e. The van der Waals surface area contributed by atoms with Crippen molar-refractivity contribution >= 4 is 21.8 Å². The predicted molar refractivity (Wildman–Crippen MR) is 78.4 cm³/mol. The molecule has 0 spiro atoms. The third-order valence-electron chi connectivity index (χ3n) is 2.67. The number of rotatable bonds is 5. The van der Waals surface area contributed by atoms with Gasteiger partial charge >= 0.3 is 0 Å². The standard InChI is InChI=1S/C14H15BrN2O3/c1-9(8-19-2)16-14(18)12-7-13(20-17-12)10-3-5-11(15)6-4-10/h3-7,9H,8H2,1-2H3,(H,16,18). The monoisotopic (exact) mass is 338 g/mol. The van der Waals surface area contributed by atoms with Gasteiger partial charge in [0.15, 0.2) is 11.5 Å². The normalized spacial score (nSPS) is 12.2. The number of benzene rings is 1. The van der Waals surface area contributed by atoms with Crippen LogP contribution in [-0.4, -0.2) is 30.8 Å². The van der Waals surface area contributed by atoms with Crippen molar-refractivity contribution in [1.82, 2.24) is 10.5 Å². The van der Waals surface area contributed by atoms with Gasteiger partial charge in [0.05, 0.1) is 6.61 Å². The third-order valence-corrected chi connectivity index (χ3v) is 3.19. The van der Waals surface area contributed by atoms with Crippen molar-refractivity contribution in [2.45, 2.75) is 13.0 Å². The van der Waals surface area contributed by atoms with Crippen molar-refractivity contribution in [3.63, 3.8) is 0 Å². The Kier molecular flexibility index (Phi) is 4.92. The SMILES string of the molecule is COCC(C)NC(=O)c1cc(-c2ccc(Br)cc2)on1. The average molecular weight is 339 g/mol. The van der Waals surface area contributed by atoms with E-state index in [-0.39, 0.29) is 17.6 Å². The van der Waals surface area contributed by atoms with Crippen molar-refractivity contribution in [1.29, 1.82) is 0 Å². The van der Waals surface area contributed by atoms with E-state index in [1.807, 2.05) is 31.2 Å². The van der Waals surface area contributed by atoms with Crippen LogP contribution >= 0.6 is 15.9 Å². The van der Waals surface area contributed by atoms with Gasteiger partial charge in [0.1, 0.15) is 0 Å². The van der Waals surface area contributed by atoms with E-state index in [4.69, 9.17) is 9.26 Å². The van der Waals surface area contributed by atoms with Gasteiger partial charge in [0.25, 0.3) is 5.91 Å².